The highest BCUT2D eigenvalue weighted by Gasteiger charge is 2.19. The fraction of sp³-hybridized carbons (Fsp3) is 0.0370. The van der Waals surface area contributed by atoms with E-state index in [1.807, 2.05) is 78.9 Å². The first-order chi connectivity index (χ1) is 15.5. The summed E-state index contributed by atoms with van der Waals surface area (Å²) in [5.41, 5.74) is 10.0. The molecule has 0 unspecified atom stereocenters. The van der Waals surface area contributed by atoms with Crippen LogP contribution in [-0.4, -0.2) is 16.3 Å². The highest BCUT2D eigenvalue weighted by Crippen LogP contribution is 2.34. The number of carbonyl (C=O) groups excluding carboxylic acids is 2. The molecule has 4 nitrogen and oxygen atoms in total. The van der Waals surface area contributed by atoms with Crippen LogP contribution in [0.4, 0.5) is 0 Å². The van der Waals surface area contributed by atoms with E-state index in [9.17, 15) is 9.59 Å². The second-order valence-electron chi connectivity index (χ2n) is 7.66. The lowest BCUT2D eigenvalue weighted by Crippen LogP contribution is -2.11. The second-order valence-corrected chi connectivity index (χ2v) is 8.10. The van der Waals surface area contributed by atoms with E-state index in [1.165, 1.54) is 0 Å². The Kier molecular flexibility index (Phi) is 5.00. The van der Waals surface area contributed by atoms with Crippen molar-refractivity contribution in [2.45, 2.75) is 6.54 Å². The van der Waals surface area contributed by atoms with E-state index in [1.54, 1.807) is 12.1 Å². The van der Waals surface area contributed by atoms with E-state index in [0.29, 0.717) is 28.3 Å². The van der Waals surface area contributed by atoms with Crippen molar-refractivity contribution in [2.24, 2.45) is 5.73 Å². The third-order valence-corrected chi connectivity index (χ3v) is 5.98. The molecular weight excluding hydrogens is 420 g/mol. The van der Waals surface area contributed by atoms with Gasteiger partial charge < -0.3 is 10.3 Å². The van der Waals surface area contributed by atoms with Gasteiger partial charge in [-0.1, -0.05) is 78.3 Å². The fourth-order valence-corrected chi connectivity index (χ4v) is 4.45. The molecule has 2 N–H and O–H groups in total. The van der Waals surface area contributed by atoms with Gasteiger partial charge in [0.25, 0.3) is 0 Å². The van der Waals surface area contributed by atoms with Crippen molar-refractivity contribution >= 4 is 45.1 Å². The monoisotopic (exact) mass is 438 g/mol. The van der Waals surface area contributed by atoms with Gasteiger partial charge in [0.2, 0.25) is 5.91 Å². The van der Waals surface area contributed by atoms with E-state index in [-0.39, 0.29) is 5.78 Å². The van der Waals surface area contributed by atoms with Crippen LogP contribution in [0.15, 0.2) is 91.0 Å². The zero-order valence-electron chi connectivity index (χ0n) is 17.1. The van der Waals surface area contributed by atoms with Crippen LogP contribution in [0.2, 0.25) is 5.02 Å². The molecule has 0 aliphatic rings. The molecular formula is C27H19ClN2O2. The Morgan fingerprint density at radius 1 is 0.781 bits per heavy atom. The number of carbonyl (C=O) groups is 2. The SMILES string of the molecule is NC(=O)c1cccc2c1c1ccc(Cl)cc1n2Cc1ccccc1C(=O)c1ccccc1. The van der Waals surface area contributed by atoms with Gasteiger partial charge in [-0.25, -0.2) is 0 Å². The zero-order chi connectivity index (χ0) is 22.2. The third kappa shape index (κ3) is 3.35. The number of amides is 1. The van der Waals surface area contributed by atoms with Crippen LogP contribution in [0, 0.1) is 0 Å². The highest BCUT2D eigenvalue weighted by atomic mass is 35.5. The molecule has 0 spiro atoms. The lowest BCUT2D eigenvalue weighted by atomic mass is 9.98. The second kappa shape index (κ2) is 7.98. The molecule has 0 radical (unpaired) electrons. The van der Waals surface area contributed by atoms with Crippen molar-refractivity contribution in [3.05, 3.63) is 118 Å². The van der Waals surface area contributed by atoms with E-state index in [0.717, 1.165) is 27.4 Å². The highest BCUT2D eigenvalue weighted by molar-refractivity contribution is 6.32. The predicted octanol–water partition coefficient (Wildman–Crippen LogP) is 5.83. The Bertz CT molecular complexity index is 1500. The Morgan fingerprint density at radius 3 is 2.28 bits per heavy atom. The van der Waals surface area contributed by atoms with Crippen LogP contribution in [0.25, 0.3) is 21.8 Å². The lowest BCUT2D eigenvalue weighted by molar-refractivity contribution is 0.1000. The molecule has 156 valence electrons. The summed E-state index contributed by atoms with van der Waals surface area (Å²) in [6.45, 7) is 0.442. The fourth-order valence-electron chi connectivity index (χ4n) is 4.29. The lowest BCUT2D eigenvalue weighted by Gasteiger charge is -2.12. The first kappa shape index (κ1) is 20.0. The third-order valence-electron chi connectivity index (χ3n) is 5.75. The van der Waals surface area contributed by atoms with Crippen LogP contribution >= 0.6 is 11.6 Å². The van der Waals surface area contributed by atoms with Gasteiger partial charge in [-0.2, -0.15) is 0 Å². The number of nitrogens with zero attached hydrogens (tertiary/aromatic N) is 1. The Labute approximate surface area is 189 Å². The van der Waals surface area contributed by atoms with Crippen molar-refractivity contribution in [1.29, 1.82) is 0 Å². The smallest absolute Gasteiger partial charge is 0.249 e. The first-order valence-electron chi connectivity index (χ1n) is 10.2. The van der Waals surface area contributed by atoms with Crippen LogP contribution in [0.3, 0.4) is 0 Å². The van der Waals surface area contributed by atoms with E-state index in [4.69, 9.17) is 17.3 Å². The number of benzene rings is 4. The first-order valence-corrected chi connectivity index (χ1v) is 10.6. The summed E-state index contributed by atoms with van der Waals surface area (Å²) >= 11 is 6.33. The molecule has 1 aromatic heterocycles. The molecule has 0 bridgehead atoms. The summed E-state index contributed by atoms with van der Waals surface area (Å²) < 4.78 is 2.08. The molecule has 1 heterocycles. The number of fused-ring (bicyclic) bond motifs is 3. The molecule has 0 atom stereocenters. The summed E-state index contributed by atoms with van der Waals surface area (Å²) in [6.07, 6.45) is 0. The van der Waals surface area contributed by atoms with Crippen molar-refractivity contribution in [3.8, 4) is 0 Å². The van der Waals surface area contributed by atoms with Gasteiger partial charge >= 0.3 is 0 Å². The number of aromatic nitrogens is 1. The number of ketones is 1. The molecule has 1 amide bonds. The zero-order valence-corrected chi connectivity index (χ0v) is 17.8. The number of hydrogen-bond acceptors (Lipinski definition) is 2. The van der Waals surface area contributed by atoms with E-state index >= 15 is 0 Å². The van der Waals surface area contributed by atoms with Gasteiger partial charge in [-0.3, -0.25) is 9.59 Å². The molecule has 0 saturated carbocycles. The van der Waals surface area contributed by atoms with Crippen LogP contribution in [-0.2, 0) is 6.54 Å². The van der Waals surface area contributed by atoms with Crippen molar-refractivity contribution < 1.29 is 9.59 Å². The number of nitrogens with two attached hydrogens (primary N) is 1. The van der Waals surface area contributed by atoms with Gasteiger partial charge in [0, 0.05) is 39.0 Å². The standard InChI is InChI=1S/C27H19ClN2O2/c28-19-13-14-21-24(15-19)30(23-12-6-11-22(25(21)23)27(29)32)16-18-9-4-5-10-20(18)26(31)17-7-2-1-3-8-17/h1-15H,16H2,(H2,29,32). The van der Waals surface area contributed by atoms with Crippen molar-refractivity contribution in [3.63, 3.8) is 0 Å². The summed E-state index contributed by atoms with van der Waals surface area (Å²) in [5, 5.41) is 2.28. The Hall–Kier alpha value is -3.89. The van der Waals surface area contributed by atoms with Gasteiger partial charge in [-0.15, -0.1) is 0 Å². The van der Waals surface area contributed by atoms with Gasteiger partial charge in [-0.05, 0) is 29.8 Å². The van der Waals surface area contributed by atoms with Gasteiger partial charge in [0.1, 0.15) is 0 Å². The van der Waals surface area contributed by atoms with Crippen LogP contribution in [0.1, 0.15) is 31.8 Å². The largest absolute Gasteiger partial charge is 0.366 e. The maximum Gasteiger partial charge on any atom is 0.249 e. The number of hydrogen-bond donors (Lipinski definition) is 1. The van der Waals surface area contributed by atoms with Crippen LogP contribution < -0.4 is 5.73 Å². The van der Waals surface area contributed by atoms with E-state index in [2.05, 4.69) is 4.57 Å². The number of rotatable bonds is 5. The molecule has 32 heavy (non-hydrogen) atoms. The Morgan fingerprint density at radius 2 is 1.50 bits per heavy atom. The maximum atomic E-state index is 13.2. The minimum atomic E-state index is -0.482. The van der Waals surface area contributed by atoms with E-state index < -0.39 is 5.91 Å². The molecule has 0 fully saturated rings. The topological polar surface area (TPSA) is 65.1 Å². The van der Waals surface area contributed by atoms with Gasteiger partial charge in [0.05, 0.1) is 11.0 Å². The summed E-state index contributed by atoms with van der Waals surface area (Å²) in [5.74, 6) is -0.512. The number of primary amides is 1. The molecule has 0 aliphatic carbocycles. The number of halogens is 1. The molecule has 5 aromatic rings. The predicted molar refractivity (Wildman–Crippen MR) is 128 cm³/mol. The minimum Gasteiger partial charge on any atom is -0.366 e. The minimum absolute atomic E-state index is 0.0298. The molecule has 0 saturated heterocycles. The summed E-state index contributed by atoms with van der Waals surface area (Å²) in [6, 6.07) is 27.9. The van der Waals surface area contributed by atoms with Crippen molar-refractivity contribution in [1.82, 2.24) is 4.57 Å². The van der Waals surface area contributed by atoms with Crippen LogP contribution in [0.5, 0.6) is 0 Å². The quantitative estimate of drug-likeness (QED) is 0.351. The molecule has 4 aromatic carbocycles. The van der Waals surface area contributed by atoms with Crippen molar-refractivity contribution in [2.75, 3.05) is 0 Å². The van der Waals surface area contributed by atoms with Gasteiger partial charge in [0.15, 0.2) is 5.78 Å². The Balaban J connectivity index is 1.72. The maximum absolute atomic E-state index is 13.2. The molecule has 5 heteroatoms. The summed E-state index contributed by atoms with van der Waals surface area (Å²) in [4.78, 5) is 25.4. The normalized spacial score (nSPS) is 11.2. The average molecular weight is 439 g/mol. The summed E-state index contributed by atoms with van der Waals surface area (Å²) in [7, 11) is 0. The molecule has 5 rings (SSSR count). The molecule has 0 aliphatic heterocycles. The average Bonchev–Trinajstić information content (AvgIpc) is 3.12.